The lowest BCUT2D eigenvalue weighted by atomic mass is 10.0. The van der Waals surface area contributed by atoms with Crippen LogP contribution >= 0.6 is 0 Å². The van der Waals surface area contributed by atoms with Gasteiger partial charge < -0.3 is 25.0 Å². The first-order valence-corrected chi connectivity index (χ1v) is 10.1. The molecule has 2 N–H and O–H groups in total. The molecule has 0 aromatic heterocycles. The van der Waals surface area contributed by atoms with Crippen molar-refractivity contribution < 1.29 is 27.8 Å². The number of aliphatic hydroxyl groups excluding tert-OH is 1. The fourth-order valence-electron chi connectivity index (χ4n) is 4.27. The molecule has 0 spiro atoms. The molecule has 6 nitrogen and oxygen atoms in total. The Hall–Kier alpha value is -2.94. The first kappa shape index (κ1) is 21.3. The second-order valence-corrected chi connectivity index (χ2v) is 7.76. The first-order valence-electron chi connectivity index (χ1n) is 10.1. The number of carbonyl (C=O) groups is 1. The Morgan fingerprint density at radius 1 is 1.16 bits per heavy atom. The Kier molecular flexibility index (Phi) is 5.70. The maximum absolute atomic E-state index is 12.7. The number of alkyl halides is 3. The summed E-state index contributed by atoms with van der Waals surface area (Å²) < 4.78 is 43.4. The minimum absolute atomic E-state index is 0.0472. The van der Waals surface area contributed by atoms with Crippen LogP contribution in [-0.4, -0.2) is 48.5 Å². The molecule has 0 aliphatic carbocycles. The summed E-state index contributed by atoms with van der Waals surface area (Å²) in [6, 6.07) is 10.4. The van der Waals surface area contributed by atoms with E-state index in [1.807, 2.05) is 23.1 Å². The lowest BCUT2D eigenvalue weighted by molar-refractivity contribution is -0.137. The van der Waals surface area contributed by atoms with E-state index in [0.29, 0.717) is 37.2 Å². The number of nitrogens with zero attached hydrogens (tertiary/aromatic N) is 2. The summed E-state index contributed by atoms with van der Waals surface area (Å²) in [4.78, 5) is 16.3. The highest BCUT2D eigenvalue weighted by Gasteiger charge is 2.37. The van der Waals surface area contributed by atoms with Crippen molar-refractivity contribution in [3.05, 3.63) is 53.6 Å². The number of nitrogens with one attached hydrogen (secondary N) is 1. The van der Waals surface area contributed by atoms with Gasteiger partial charge >= 0.3 is 6.18 Å². The third-order valence-corrected chi connectivity index (χ3v) is 5.89. The van der Waals surface area contributed by atoms with Crippen molar-refractivity contribution in [2.24, 2.45) is 0 Å². The number of para-hydroxylation sites is 1. The Morgan fingerprint density at radius 2 is 1.84 bits per heavy atom. The smallest absolute Gasteiger partial charge is 0.416 e. The summed E-state index contributed by atoms with van der Waals surface area (Å²) in [5.41, 5.74) is 1.44. The van der Waals surface area contributed by atoms with Gasteiger partial charge in [-0.05, 0) is 42.7 Å². The number of likely N-dealkylation sites (tertiary alicyclic amines) is 1. The molecular formula is C22H24F3N3O3. The van der Waals surface area contributed by atoms with E-state index in [4.69, 9.17) is 4.74 Å². The predicted molar refractivity (Wildman–Crippen MR) is 110 cm³/mol. The van der Waals surface area contributed by atoms with Crippen LogP contribution in [0.15, 0.2) is 42.5 Å². The molecule has 166 valence electrons. The Bertz CT molecular complexity index is 941. The zero-order valence-electron chi connectivity index (χ0n) is 17.0. The number of aliphatic hydroxyl groups is 1. The molecule has 2 aromatic rings. The first-order chi connectivity index (χ1) is 14.8. The molecule has 9 heteroatoms. The lowest BCUT2D eigenvalue weighted by Gasteiger charge is -2.39. The summed E-state index contributed by atoms with van der Waals surface area (Å²) in [6.45, 7) is 1.04. The van der Waals surface area contributed by atoms with Crippen molar-refractivity contribution in [2.45, 2.75) is 37.8 Å². The maximum atomic E-state index is 12.7. The van der Waals surface area contributed by atoms with Gasteiger partial charge in [-0.3, -0.25) is 4.79 Å². The van der Waals surface area contributed by atoms with Gasteiger partial charge in [0.15, 0.2) is 0 Å². The molecule has 2 aromatic carbocycles. The molecule has 1 atom stereocenters. The van der Waals surface area contributed by atoms with Crippen LogP contribution in [0, 0.1) is 0 Å². The molecular weight excluding hydrogens is 411 g/mol. The fraction of sp³-hybridized carbons (Fsp3) is 0.409. The Balaban J connectivity index is 1.37. The molecule has 1 fully saturated rings. The second kappa shape index (κ2) is 8.30. The standard InChI is InChI=1S/C22H24F3N3O3/c1-31-18-4-2-3-17-20(18)26-21(30)28(17)16-9-11-27(12-10-16)19(29)13-14-5-7-15(8-6-14)22(23,24)25/h2-8,16,21,26,30H,9-13H2,1H3. The number of piperidine rings is 1. The second-order valence-electron chi connectivity index (χ2n) is 7.76. The van der Waals surface area contributed by atoms with E-state index in [-0.39, 0.29) is 18.4 Å². The molecule has 31 heavy (non-hydrogen) atoms. The highest BCUT2D eigenvalue weighted by molar-refractivity contribution is 5.82. The molecule has 0 bridgehead atoms. The topological polar surface area (TPSA) is 65.0 Å². The van der Waals surface area contributed by atoms with Gasteiger partial charge in [-0.25, -0.2) is 0 Å². The van der Waals surface area contributed by atoms with Crippen LogP contribution in [-0.2, 0) is 17.4 Å². The lowest BCUT2D eigenvalue weighted by Crippen LogP contribution is -2.50. The quantitative estimate of drug-likeness (QED) is 0.770. The molecule has 4 rings (SSSR count). The van der Waals surface area contributed by atoms with Crippen molar-refractivity contribution in [3.63, 3.8) is 0 Å². The van der Waals surface area contributed by atoms with Gasteiger partial charge in [-0.2, -0.15) is 13.2 Å². The average molecular weight is 435 g/mol. The largest absolute Gasteiger partial charge is 0.495 e. The number of amides is 1. The van der Waals surface area contributed by atoms with Crippen LogP contribution in [0.1, 0.15) is 24.0 Å². The van der Waals surface area contributed by atoms with E-state index < -0.39 is 18.1 Å². The normalized spacial score (nSPS) is 19.2. The number of hydrogen-bond donors (Lipinski definition) is 2. The number of rotatable bonds is 4. The fourth-order valence-corrected chi connectivity index (χ4v) is 4.27. The van der Waals surface area contributed by atoms with Gasteiger partial charge in [0.05, 0.1) is 24.8 Å². The highest BCUT2D eigenvalue weighted by Crippen LogP contribution is 2.43. The SMILES string of the molecule is COc1cccc2c1NC(O)N2C1CCN(C(=O)Cc2ccc(C(F)(F)F)cc2)CC1. The summed E-state index contributed by atoms with van der Waals surface area (Å²) in [5, 5.41) is 13.6. The molecule has 1 saturated heterocycles. The molecule has 2 heterocycles. The van der Waals surface area contributed by atoms with Crippen molar-refractivity contribution in [1.82, 2.24) is 4.90 Å². The molecule has 1 amide bonds. The third-order valence-electron chi connectivity index (χ3n) is 5.89. The van der Waals surface area contributed by atoms with Crippen LogP contribution in [0.4, 0.5) is 24.5 Å². The van der Waals surface area contributed by atoms with Gasteiger partial charge in [-0.1, -0.05) is 18.2 Å². The summed E-state index contributed by atoms with van der Waals surface area (Å²) in [7, 11) is 1.58. The molecule has 2 aliphatic heterocycles. The molecule has 2 aliphatic rings. The van der Waals surface area contributed by atoms with Gasteiger partial charge in [0.1, 0.15) is 11.4 Å². The summed E-state index contributed by atoms with van der Waals surface area (Å²) in [5.74, 6) is 0.545. The number of methoxy groups -OCH3 is 1. The molecule has 1 unspecified atom stereocenters. The average Bonchev–Trinajstić information content (AvgIpc) is 3.09. The number of halogens is 3. The zero-order valence-corrected chi connectivity index (χ0v) is 17.0. The van der Waals surface area contributed by atoms with Crippen molar-refractivity contribution in [1.29, 1.82) is 0 Å². The van der Waals surface area contributed by atoms with Crippen LogP contribution in [0.25, 0.3) is 0 Å². The number of anilines is 2. The van der Waals surface area contributed by atoms with Crippen molar-refractivity contribution in [3.8, 4) is 5.75 Å². The summed E-state index contributed by atoms with van der Waals surface area (Å²) >= 11 is 0. The van der Waals surface area contributed by atoms with Crippen LogP contribution in [0.3, 0.4) is 0 Å². The third kappa shape index (κ3) is 4.27. The number of carbonyl (C=O) groups excluding carboxylic acids is 1. The Morgan fingerprint density at radius 3 is 2.45 bits per heavy atom. The monoisotopic (exact) mass is 435 g/mol. The van der Waals surface area contributed by atoms with E-state index in [9.17, 15) is 23.1 Å². The van der Waals surface area contributed by atoms with E-state index in [1.54, 1.807) is 12.0 Å². The van der Waals surface area contributed by atoms with E-state index in [2.05, 4.69) is 5.32 Å². The molecule has 0 radical (unpaired) electrons. The van der Waals surface area contributed by atoms with E-state index in [1.165, 1.54) is 12.1 Å². The van der Waals surface area contributed by atoms with Gasteiger partial charge in [0.25, 0.3) is 0 Å². The van der Waals surface area contributed by atoms with Crippen LogP contribution < -0.4 is 15.0 Å². The van der Waals surface area contributed by atoms with Crippen LogP contribution in [0.2, 0.25) is 0 Å². The zero-order chi connectivity index (χ0) is 22.2. The van der Waals surface area contributed by atoms with E-state index in [0.717, 1.165) is 23.5 Å². The minimum Gasteiger partial charge on any atom is -0.495 e. The maximum Gasteiger partial charge on any atom is 0.416 e. The number of fused-ring (bicyclic) bond motifs is 1. The van der Waals surface area contributed by atoms with Gasteiger partial charge in [0.2, 0.25) is 12.3 Å². The van der Waals surface area contributed by atoms with Crippen LogP contribution in [0.5, 0.6) is 5.75 Å². The van der Waals surface area contributed by atoms with Gasteiger partial charge in [-0.15, -0.1) is 0 Å². The highest BCUT2D eigenvalue weighted by atomic mass is 19.4. The number of ether oxygens (including phenoxy) is 1. The summed E-state index contributed by atoms with van der Waals surface area (Å²) in [6.07, 6.45) is -3.84. The van der Waals surface area contributed by atoms with Crippen molar-refractivity contribution >= 4 is 17.3 Å². The number of benzene rings is 2. The molecule has 0 saturated carbocycles. The predicted octanol–water partition coefficient (Wildman–Crippen LogP) is 3.46. The van der Waals surface area contributed by atoms with Crippen molar-refractivity contribution in [2.75, 3.05) is 30.4 Å². The minimum atomic E-state index is -4.39. The Labute approximate surface area is 178 Å². The van der Waals surface area contributed by atoms with Gasteiger partial charge in [0, 0.05) is 19.1 Å². The number of hydrogen-bond acceptors (Lipinski definition) is 5. The van der Waals surface area contributed by atoms with E-state index >= 15 is 0 Å².